The monoisotopic (exact) mass is 464 g/mol. The molecule has 2 N–H and O–H groups in total. The first-order chi connectivity index (χ1) is 16.3. The SMILES string of the molecule is CC(CC(=O)N1C2CC3CC1CC(CC(=O)O)(C3)C2)c1c[nH]c2cccc(-c3ccc(F)o3)c12. The Hall–Kier alpha value is -3.09. The van der Waals surface area contributed by atoms with Crippen LogP contribution in [0.2, 0.25) is 0 Å². The van der Waals surface area contributed by atoms with E-state index in [0.29, 0.717) is 18.1 Å². The van der Waals surface area contributed by atoms with Crippen molar-refractivity contribution >= 4 is 22.8 Å². The lowest BCUT2D eigenvalue weighted by Gasteiger charge is -2.61. The summed E-state index contributed by atoms with van der Waals surface area (Å²) < 4.78 is 18.8. The molecule has 3 atom stereocenters. The Balaban J connectivity index is 1.25. The number of carboxylic acid groups (broad SMARTS) is 1. The van der Waals surface area contributed by atoms with Gasteiger partial charge in [0.05, 0.1) is 6.42 Å². The number of hydrogen-bond donors (Lipinski definition) is 2. The quantitative estimate of drug-likeness (QED) is 0.490. The number of hydrogen-bond acceptors (Lipinski definition) is 3. The number of furan rings is 1. The third-order valence-electron chi connectivity index (χ3n) is 8.46. The van der Waals surface area contributed by atoms with Crippen molar-refractivity contribution in [2.75, 3.05) is 0 Å². The van der Waals surface area contributed by atoms with Crippen LogP contribution in [0.15, 0.2) is 40.9 Å². The van der Waals surface area contributed by atoms with Gasteiger partial charge in [-0.25, -0.2) is 0 Å². The normalized spacial score (nSPS) is 28.5. The third-order valence-corrected chi connectivity index (χ3v) is 8.46. The lowest BCUT2D eigenvalue weighted by atomic mass is 9.54. The second-order valence-electron chi connectivity index (χ2n) is 10.8. The van der Waals surface area contributed by atoms with Crippen LogP contribution >= 0.6 is 0 Å². The minimum Gasteiger partial charge on any atom is -0.481 e. The first-order valence-electron chi connectivity index (χ1n) is 12.2. The van der Waals surface area contributed by atoms with Crippen LogP contribution in [0, 0.1) is 17.3 Å². The maximum Gasteiger partial charge on any atom is 0.303 e. The molecule has 1 aromatic carbocycles. The van der Waals surface area contributed by atoms with Crippen LogP contribution in [-0.2, 0) is 9.59 Å². The summed E-state index contributed by atoms with van der Waals surface area (Å²) in [5.41, 5.74) is 2.62. The Morgan fingerprint density at radius 3 is 2.65 bits per heavy atom. The molecule has 4 heterocycles. The number of aromatic amines is 1. The summed E-state index contributed by atoms with van der Waals surface area (Å²) in [6.45, 7) is 2.06. The van der Waals surface area contributed by atoms with Crippen LogP contribution in [0.25, 0.3) is 22.2 Å². The van der Waals surface area contributed by atoms with Gasteiger partial charge in [0, 0.05) is 47.2 Å². The highest BCUT2D eigenvalue weighted by Crippen LogP contribution is 2.58. The summed E-state index contributed by atoms with van der Waals surface area (Å²) >= 11 is 0. The Morgan fingerprint density at radius 2 is 1.97 bits per heavy atom. The number of piperidine rings is 2. The zero-order valence-electron chi connectivity index (χ0n) is 19.2. The minimum absolute atomic E-state index is 0.0348. The van der Waals surface area contributed by atoms with Crippen LogP contribution in [0.5, 0.6) is 0 Å². The standard InChI is InChI=1S/C27H29FN2O4/c1-15(20-14-29-21-4-2-3-19(26(20)21)22-5-6-23(28)34-22)7-24(31)30-17-8-16-9-18(30)12-27(10-16,11-17)13-25(32)33/h2-6,14-18,29H,7-13H2,1H3,(H,32,33). The number of rotatable bonds is 6. The van der Waals surface area contributed by atoms with Crippen molar-refractivity contribution in [3.8, 4) is 11.3 Å². The summed E-state index contributed by atoms with van der Waals surface area (Å²) in [7, 11) is 0. The van der Waals surface area contributed by atoms with Gasteiger partial charge >= 0.3 is 5.97 Å². The van der Waals surface area contributed by atoms with Crippen molar-refractivity contribution in [3.63, 3.8) is 0 Å². The molecular formula is C27H29FN2O4. The maximum absolute atomic E-state index is 13.6. The van der Waals surface area contributed by atoms with E-state index in [9.17, 15) is 19.1 Å². The molecule has 4 aliphatic rings. The van der Waals surface area contributed by atoms with Crippen molar-refractivity contribution in [3.05, 3.63) is 48.1 Å². The number of fused-ring (bicyclic) bond motifs is 1. The van der Waals surface area contributed by atoms with Crippen LogP contribution < -0.4 is 0 Å². The van der Waals surface area contributed by atoms with E-state index in [4.69, 9.17) is 4.42 Å². The highest BCUT2D eigenvalue weighted by atomic mass is 19.1. The smallest absolute Gasteiger partial charge is 0.303 e. The van der Waals surface area contributed by atoms with Crippen molar-refractivity contribution in [1.82, 2.24) is 9.88 Å². The van der Waals surface area contributed by atoms with E-state index in [1.54, 1.807) is 6.07 Å². The van der Waals surface area contributed by atoms with Gasteiger partial charge in [0.2, 0.25) is 5.91 Å². The molecule has 2 aliphatic heterocycles. The second-order valence-corrected chi connectivity index (χ2v) is 10.8. The maximum atomic E-state index is 13.6. The van der Waals surface area contributed by atoms with E-state index in [-0.39, 0.29) is 35.7 Å². The van der Waals surface area contributed by atoms with E-state index in [0.717, 1.165) is 54.1 Å². The first kappa shape index (κ1) is 21.4. The number of H-pyrrole nitrogens is 1. The first-order valence-corrected chi connectivity index (χ1v) is 12.2. The molecule has 1 amide bonds. The van der Waals surface area contributed by atoms with Gasteiger partial charge in [0.1, 0.15) is 5.76 Å². The second kappa shape index (κ2) is 7.72. The fourth-order valence-corrected chi connectivity index (χ4v) is 7.47. The Labute approximate surface area is 197 Å². The highest BCUT2D eigenvalue weighted by molar-refractivity contribution is 5.97. The summed E-state index contributed by atoms with van der Waals surface area (Å²) in [5, 5.41) is 10.4. The van der Waals surface area contributed by atoms with Crippen molar-refractivity contribution in [2.24, 2.45) is 11.3 Å². The highest BCUT2D eigenvalue weighted by Gasteiger charge is 2.56. The molecule has 0 spiro atoms. The molecule has 178 valence electrons. The van der Waals surface area contributed by atoms with Crippen molar-refractivity contribution < 1.29 is 23.5 Å². The van der Waals surface area contributed by atoms with Crippen molar-refractivity contribution in [2.45, 2.75) is 69.9 Å². The number of aliphatic carboxylic acids is 1. The molecule has 2 aliphatic carbocycles. The van der Waals surface area contributed by atoms with Crippen LogP contribution in [0.3, 0.4) is 0 Å². The van der Waals surface area contributed by atoms with Gasteiger partial charge < -0.3 is 19.4 Å². The summed E-state index contributed by atoms with van der Waals surface area (Å²) in [4.78, 5) is 30.5. The van der Waals surface area contributed by atoms with Gasteiger partial charge in [-0.1, -0.05) is 19.1 Å². The molecule has 7 rings (SSSR count). The fourth-order valence-electron chi connectivity index (χ4n) is 7.47. The number of nitrogens with one attached hydrogen (secondary N) is 1. The molecule has 3 unspecified atom stereocenters. The Bertz CT molecular complexity index is 1260. The molecule has 3 aromatic rings. The van der Waals surface area contributed by atoms with E-state index < -0.39 is 12.0 Å². The van der Waals surface area contributed by atoms with Gasteiger partial charge in [-0.15, -0.1) is 0 Å². The number of benzene rings is 1. The van der Waals surface area contributed by atoms with E-state index >= 15 is 0 Å². The fraction of sp³-hybridized carbons (Fsp3) is 0.481. The van der Waals surface area contributed by atoms with Gasteiger partial charge in [-0.3, -0.25) is 9.59 Å². The Kier molecular flexibility index (Phi) is 4.87. The summed E-state index contributed by atoms with van der Waals surface area (Å²) in [6, 6.07) is 8.43. The molecule has 6 nitrogen and oxygen atoms in total. The molecule has 2 saturated heterocycles. The number of nitrogens with zero attached hydrogens (tertiary/aromatic N) is 1. The summed E-state index contributed by atoms with van der Waals surface area (Å²) in [6.07, 6.45) is 7.17. The molecule has 2 aromatic heterocycles. The lowest BCUT2D eigenvalue weighted by molar-refractivity contribution is -0.163. The Morgan fingerprint density at radius 1 is 1.21 bits per heavy atom. The van der Waals surface area contributed by atoms with Crippen LogP contribution in [-0.4, -0.2) is 39.0 Å². The predicted molar refractivity (Wildman–Crippen MR) is 125 cm³/mol. The number of carbonyl (C=O) groups excluding carboxylic acids is 1. The molecule has 2 saturated carbocycles. The number of aromatic nitrogens is 1. The largest absolute Gasteiger partial charge is 0.481 e. The average molecular weight is 465 g/mol. The zero-order chi connectivity index (χ0) is 23.6. The number of carbonyl (C=O) groups is 2. The van der Waals surface area contributed by atoms with Gasteiger partial charge in [0.15, 0.2) is 0 Å². The topological polar surface area (TPSA) is 86.5 Å². The van der Waals surface area contributed by atoms with E-state index in [1.807, 2.05) is 24.4 Å². The third kappa shape index (κ3) is 3.44. The zero-order valence-corrected chi connectivity index (χ0v) is 19.2. The molecular weight excluding hydrogens is 435 g/mol. The number of amides is 1. The van der Waals surface area contributed by atoms with Crippen molar-refractivity contribution in [1.29, 1.82) is 0 Å². The molecule has 4 bridgehead atoms. The average Bonchev–Trinajstić information content (AvgIpc) is 3.38. The minimum atomic E-state index is -0.722. The molecule has 7 heteroatoms. The van der Waals surface area contributed by atoms with Gasteiger partial charge in [-0.05, 0) is 67.1 Å². The summed E-state index contributed by atoms with van der Waals surface area (Å²) in [5.74, 6) is 0.411. The van der Waals surface area contributed by atoms with Gasteiger partial charge in [-0.2, -0.15) is 4.39 Å². The predicted octanol–water partition coefficient (Wildman–Crippen LogP) is 5.70. The van der Waals surface area contributed by atoms with E-state index in [2.05, 4.69) is 16.8 Å². The number of carboxylic acids is 1. The van der Waals surface area contributed by atoms with Gasteiger partial charge in [0.25, 0.3) is 6.01 Å². The number of halogens is 1. The van der Waals surface area contributed by atoms with E-state index in [1.165, 1.54) is 6.07 Å². The van der Waals surface area contributed by atoms with Crippen LogP contribution in [0.1, 0.15) is 63.4 Å². The molecule has 4 fully saturated rings. The molecule has 34 heavy (non-hydrogen) atoms. The molecule has 0 radical (unpaired) electrons. The van der Waals surface area contributed by atoms with Crippen LogP contribution in [0.4, 0.5) is 4.39 Å². The lowest BCUT2D eigenvalue weighted by Crippen LogP contribution is -2.63.